The van der Waals surface area contributed by atoms with Gasteiger partial charge in [-0.1, -0.05) is 28.5 Å². The van der Waals surface area contributed by atoms with E-state index in [2.05, 4.69) is 25.2 Å². The molecular formula is C22H18ClN5O4S2. The highest BCUT2D eigenvalue weighted by Crippen LogP contribution is 2.22. The second-order valence-electron chi connectivity index (χ2n) is 7.02. The zero-order valence-corrected chi connectivity index (χ0v) is 20.1. The van der Waals surface area contributed by atoms with Gasteiger partial charge in [0.15, 0.2) is 16.8 Å². The highest BCUT2D eigenvalue weighted by atomic mass is 35.5. The van der Waals surface area contributed by atoms with Crippen LogP contribution in [-0.4, -0.2) is 35.1 Å². The zero-order valence-electron chi connectivity index (χ0n) is 17.7. The SMILES string of the molecule is Cc1cc(NS(=O)(=O)c2ccc(Nc3ccnc(SCC(=O)c4ccc(Cl)cc4)n3)cc2)no1. The van der Waals surface area contributed by atoms with Gasteiger partial charge in [0.25, 0.3) is 10.0 Å². The van der Waals surface area contributed by atoms with Crippen LogP contribution in [0.1, 0.15) is 16.1 Å². The van der Waals surface area contributed by atoms with Crippen LogP contribution >= 0.6 is 23.4 Å². The molecule has 0 atom stereocenters. The number of ketones is 1. The number of hydrogen-bond acceptors (Lipinski definition) is 9. The van der Waals surface area contributed by atoms with Gasteiger partial charge < -0.3 is 9.84 Å². The first-order chi connectivity index (χ1) is 16.3. The van der Waals surface area contributed by atoms with E-state index in [0.29, 0.717) is 33.0 Å². The maximum atomic E-state index is 12.5. The molecule has 0 aliphatic heterocycles. The van der Waals surface area contributed by atoms with E-state index in [9.17, 15) is 13.2 Å². The Labute approximate surface area is 205 Å². The molecule has 0 aliphatic rings. The number of halogens is 1. The van der Waals surface area contributed by atoms with Gasteiger partial charge in [-0.05, 0) is 61.5 Å². The van der Waals surface area contributed by atoms with Crippen molar-refractivity contribution in [3.8, 4) is 0 Å². The third-order valence-electron chi connectivity index (χ3n) is 4.44. The number of Topliss-reactive ketones (excluding diaryl/α,β-unsaturated/α-hetero) is 1. The number of carbonyl (C=O) groups excluding carboxylic acids is 1. The molecule has 0 saturated heterocycles. The van der Waals surface area contributed by atoms with Gasteiger partial charge in [-0.25, -0.2) is 18.4 Å². The van der Waals surface area contributed by atoms with E-state index in [1.807, 2.05) is 0 Å². The Morgan fingerprint density at radius 1 is 1.06 bits per heavy atom. The molecule has 2 heterocycles. The Balaban J connectivity index is 1.38. The maximum absolute atomic E-state index is 12.5. The fourth-order valence-corrected chi connectivity index (χ4v) is 4.64. The minimum absolute atomic E-state index is 0.0604. The molecule has 34 heavy (non-hydrogen) atoms. The van der Waals surface area contributed by atoms with Crippen LogP contribution in [0.15, 0.2) is 81.4 Å². The number of thioether (sulfide) groups is 1. The summed E-state index contributed by atoms with van der Waals surface area (Å²) >= 11 is 7.07. The number of aryl methyl sites for hydroxylation is 1. The first kappa shape index (κ1) is 23.7. The molecule has 2 N–H and O–H groups in total. The molecule has 4 rings (SSSR count). The van der Waals surface area contributed by atoms with E-state index in [1.165, 1.54) is 30.0 Å². The van der Waals surface area contributed by atoms with Crippen molar-refractivity contribution in [1.29, 1.82) is 0 Å². The quantitative estimate of drug-likeness (QED) is 0.181. The Hall–Kier alpha value is -3.41. The topological polar surface area (TPSA) is 127 Å². The van der Waals surface area contributed by atoms with Crippen LogP contribution in [0.2, 0.25) is 5.02 Å². The highest BCUT2D eigenvalue weighted by Gasteiger charge is 2.16. The molecule has 12 heteroatoms. The number of nitrogens with zero attached hydrogens (tertiary/aromatic N) is 3. The average Bonchev–Trinajstić information content (AvgIpc) is 3.22. The summed E-state index contributed by atoms with van der Waals surface area (Å²) in [5.74, 6) is 1.22. The van der Waals surface area contributed by atoms with Gasteiger partial charge in [0, 0.05) is 28.5 Å². The Morgan fingerprint density at radius 3 is 2.47 bits per heavy atom. The van der Waals surface area contributed by atoms with Crippen LogP contribution in [0.25, 0.3) is 0 Å². The summed E-state index contributed by atoms with van der Waals surface area (Å²) in [5, 5.41) is 7.73. The summed E-state index contributed by atoms with van der Waals surface area (Å²) in [6.07, 6.45) is 1.58. The summed E-state index contributed by atoms with van der Waals surface area (Å²) in [6, 6.07) is 16.0. The Bertz CT molecular complexity index is 1410. The predicted molar refractivity (Wildman–Crippen MR) is 130 cm³/mol. The van der Waals surface area contributed by atoms with Gasteiger partial charge in [0.05, 0.1) is 10.6 Å². The van der Waals surface area contributed by atoms with Gasteiger partial charge in [0.1, 0.15) is 11.6 Å². The number of anilines is 3. The Morgan fingerprint density at radius 2 is 1.79 bits per heavy atom. The van der Waals surface area contributed by atoms with Crippen molar-refractivity contribution in [2.45, 2.75) is 17.0 Å². The van der Waals surface area contributed by atoms with Gasteiger partial charge in [-0.15, -0.1) is 0 Å². The molecule has 0 saturated carbocycles. The molecule has 174 valence electrons. The molecular weight excluding hydrogens is 498 g/mol. The third kappa shape index (κ3) is 6.13. The molecule has 0 aliphatic carbocycles. The van der Waals surface area contributed by atoms with Crippen LogP contribution in [0, 0.1) is 6.92 Å². The molecule has 0 bridgehead atoms. The molecule has 0 amide bonds. The smallest absolute Gasteiger partial charge is 0.263 e. The second-order valence-corrected chi connectivity index (χ2v) is 10.1. The lowest BCUT2D eigenvalue weighted by Crippen LogP contribution is -2.13. The lowest BCUT2D eigenvalue weighted by molar-refractivity contribution is 0.102. The van der Waals surface area contributed by atoms with Gasteiger partial charge in [-0.3, -0.25) is 9.52 Å². The van der Waals surface area contributed by atoms with E-state index >= 15 is 0 Å². The van der Waals surface area contributed by atoms with Crippen molar-refractivity contribution < 1.29 is 17.7 Å². The molecule has 2 aromatic carbocycles. The van der Waals surface area contributed by atoms with Crippen LogP contribution in [0.5, 0.6) is 0 Å². The summed E-state index contributed by atoms with van der Waals surface area (Å²) in [5.41, 5.74) is 1.19. The highest BCUT2D eigenvalue weighted by molar-refractivity contribution is 7.99. The number of aromatic nitrogens is 3. The van der Waals surface area contributed by atoms with E-state index in [0.717, 1.165) is 0 Å². The first-order valence-corrected chi connectivity index (χ1v) is 12.7. The van der Waals surface area contributed by atoms with Crippen molar-refractivity contribution >= 4 is 56.5 Å². The largest absolute Gasteiger partial charge is 0.360 e. The van der Waals surface area contributed by atoms with Crippen molar-refractivity contribution in [3.05, 3.63) is 83.2 Å². The van der Waals surface area contributed by atoms with Crippen LogP contribution < -0.4 is 10.0 Å². The van der Waals surface area contributed by atoms with Crippen LogP contribution in [0.4, 0.5) is 17.3 Å². The van der Waals surface area contributed by atoms with E-state index in [4.69, 9.17) is 16.1 Å². The second kappa shape index (κ2) is 10.2. The zero-order chi connectivity index (χ0) is 24.1. The van der Waals surface area contributed by atoms with Crippen molar-refractivity contribution in [2.24, 2.45) is 0 Å². The lowest BCUT2D eigenvalue weighted by atomic mass is 10.1. The molecule has 0 unspecified atom stereocenters. The van der Waals surface area contributed by atoms with E-state index < -0.39 is 10.0 Å². The first-order valence-electron chi connectivity index (χ1n) is 9.86. The van der Waals surface area contributed by atoms with Gasteiger partial charge >= 0.3 is 0 Å². The summed E-state index contributed by atoms with van der Waals surface area (Å²) < 4.78 is 32.2. The summed E-state index contributed by atoms with van der Waals surface area (Å²) in [7, 11) is -3.81. The minimum atomic E-state index is -3.81. The number of benzene rings is 2. The average molecular weight is 516 g/mol. The normalized spacial score (nSPS) is 11.2. The van der Waals surface area contributed by atoms with Crippen LogP contribution in [0.3, 0.4) is 0 Å². The third-order valence-corrected chi connectivity index (χ3v) is 6.92. The maximum Gasteiger partial charge on any atom is 0.263 e. The van der Waals surface area contributed by atoms with Gasteiger partial charge in [-0.2, -0.15) is 0 Å². The fourth-order valence-electron chi connectivity index (χ4n) is 2.81. The number of sulfonamides is 1. The number of hydrogen-bond donors (Lipinski definition) is 2. The molecule has 0 fully saturated rings. The summed E-state index contributed by atoms with van der Waals surface area (Å²) in [4.78, 5) is 21.0. The van der Waals surface area contributed by atoms with Crippen molar-refractivity contribution in [1.82, 2.24) is 15.1 Å². The molecule has 9 nitrogen and oxygen atoms in total. The minimum Gasteiger partial charge on any atom is -0.360 e. The number of carbonyl (C=O) groups is 1. The van der Waals surface area contributed by atoms with Crippen molar-refractivity contribution in [2.75, 3.05) is 15.8 Å². The fraction of sp³-hybridized carbons (Fsp3) is 0.0909. The van der Waals surface area contributed by atoms with Gasteiger partial charge in [0.2, 0.25) is 0 Å². The molecule has 2 aromatic heterocycles. The van der Waals surface area contributed by atoms with E-state index in [1.54, 1.807) is 55.6 Å². The van der Waals surface area contributed by atoms with E-state index in [-0.39, 0.29) is 22.2 Å². The standard InChI is InChI=1S/C22H18ClN5O4S2/c1-14-12-21(27-32-14)28-34(30,31)18-8-6-17(7-9-18)25-20-10-11-24-22(26-20)33-13-19(29)15-2-4-16(23)5-3-15/h2-12H,13H2,1H3,(H,27,28)(H,24,25,26). The molecule has 0 radical (unpaired) electrons. The van der Waals surface area contributed by atoms with Crippen molar-refractivity contribution in [3.63, 3.8) is 0 Å². The van der Waals surface area contributed by atoms with Crippen LogP contribution in [-0.2, 0) is 10.0 Å². The summed E-state index contributed by atoms with van der Waals surface area (Å²) in [6.45, 7) is 1.67. The number of nitrogens with one attached hydrogen (secondary N) is 2. The lowest BCUT2D eigenvalue weighted by Gasteiger charge is -2.09. The number of rotatable bonds is 9. The Kier molecular flexibility index (Phi) is 7.15. The predicted octanol–water partition coefficient (Wildman–Crippen LogP) is 4.95. The monoisotopic (exact) mass is 515 g/mol. The molecule has 0 spiro atoms. The molecule has 4 aromatic rings.